The third kappa shape index (κ3) is 3.24. The average Bonchev–Trinajstić information content (AvgIpc) is 2.30. The van der Waals surface area contributed by atoms with E-state index in [0.29, 0.717) is 10.6 Å². The zero-order valence-electron chi connectivity index (χ0n) is 9.87. The van der Waals surface area contributed by atoms with Crippen molar-refractivity contribution in [3.63, 3.8) is 0 Å². The lowest BCUT2D eigenvalue weighted by molar-refractivity contribution is 0.112. The molecule has 0 radical (unpaired) electrons. The van der Waals surface area contributed by atoms with Crippen LogP contribution in [0.25, 0.3) is 0 Å². The molecule has 0 spiro atoms. The Morgan fingerprint density at radius 1 is 1.38 bits per heavy atom. The van der Waals surface area contributed by atoms with Crippen LogP contribution < -0.4 is 4.90 Å². The summed E-state index contributed by atoms with van der Waals surface area (Å²) < 4.78 is 0. The van der Waals surface area contributed by atoms with Gasteiger partial charge in [0.15, 0.2) is 6.29 Å². The van der Waals surface area contributed by atoms with Crippen molar-refractivity contribution >= 4 is 23.6 Å². The summed E-state index contributed by atoms with van der Waals surface area (Å²) in [6.45, 7) is 6.29. The summed E-state index contributed by atoms with van der Waals surface area (Å²) in [6, 6.07) is 5.60. The van der Waals surface area contributed by atoms with Crippen LogP contribution >= 0.6 is 11.6 Å². The van der Waals surface area contributed by atoms with Crippen molar-refractivity contribution in [3.05, 3.63) is 28.8 Å². The van der Waals surface area contributed by atoms with E-state index < -0.39 is 0 Å². The van der Waals surface area contributed by atoms with Gasteiger partial charge in [-0.15, -0.1) is 0 Å². The Morgan fingerprint density at radius 3 is 2.62 bits per heavy atom. The summed E-state index contributed by atoms with van der Waals surface area (Å²) in [4.78, 5) is 12.9. The summed E-state index contributed by atoms with van der Waals surface area (Å²) >= 11 is 6.01. The average molecular weight is 240 g/mol. The van der Waals surface area contributed by atoms with Gasteiger partial charge in [0.25, 0.3) is 0 Å². The molecule has 0 aromatic heterocycles. The molecule has 0 fully saturated rings. The fourth-order valence-electron chi connectivity index (χ4n) is 1.63. The summed E-state index contributed by atoms with van der Waals surface area (Å²) in [7, 11) is 0. The van der Waals surface area contributed by atoms with Gasteiger partial charge in [0, 0.05) is 24.3 Å². The van der Waals surface area contributed by atoms with E-state index in [1.807, 2.05) is 12.1 Å². The third-order valence-corrected chi connectivity index (χ3v) is 2.97. The van der Waals surface area contributed by atoms with Crippen molar-refractivity contribution in [1.29, 1.82) is 0 Å². The van der Waals surface area contributed by atoms with Crippen LogP contribution in [-0.4, -0.2) is 19.4 Å². The van der Waals surface area contributed by atoms with Gasteiger partial charge in [0.2, 0.25) is 0 Å². The number of anilines is 1. The van der Waals surface area contributed by atoms with Gasteiger partial charge in [-0.05, 0) is 31.5 Å². The van der Waals surface area contributed by atoms with E-state index >= 15 is 0 Å². The van der Waals surface area contributed by atoms with E-state index in [2.05, 4.69) is 18.7 Å². The molecule has 1 aromatic carbocycles. The van der Waals surface area contributed by atoms with Gasteiger partial charge in [-0.1, -0.05) is 24.9 Å². The minimum Gasteiger partial charge on any atom is -0.372 e. The number of hydrogen-bond acceptors (Lipinski definition) is 2. The molecule has 0 amide bonds. The standard InChI is InChI=1S/C13H18ClNO/c1-3-5-8-15(4-2)12-7-6-11(10-16)13(14)9-12/h6-7,9-10H,3-5,8H2,1-2H3. The summed E-state index contributed by atoms with van der Waals surface area (Å²) in [5.74, 6) is 0. The number of carbonyl (C=O) groups is 1. The fraction of sp³-hybridized carbons (Fsp3) is 0.462. The number of rotatable bonds is 6. The summed E-state index contributed by atoms with van der Waals surface area (Å²) in [5, 5.41) is 0.530. The molecule has 0 aliphatic rings. The van der Waals surface area contributed by atoms with Crippen LogP contribution in [0, 0.1) is 0 Å². The molecule has 1 rings (SSSR count). The van der Waals surface area contributed by atoms with Crippen LogP contribution in [0.5, 0.6) is 0 Å². The quantitative estimate of drug-likeness (QED) is 0.705. The Hall–Kier alpha value is -1.02. The largest absolute Gasteiger partial charge is 0.372 e. The molecule has 3 heteroatoms. The highest BCUT2D eigenvalue weighted by Crippen LogP contribution is 2.22. The molecule has 0 aliphatic carbocycles. The topological polar surface area (TPSA) is 20.3 Å². The number of hydrogen-bond donors (Lipinski definition) is 0. The number of aldehydes is 1. The predicted molar refractivity (Wildman–Crippen MR) is 69.6 cm³/mol. The third-order valence-electron chi connectivity index (χ3n) is 2.64. The van der Waals surface area contributed by atoms with Crippen LogP contribution in [-0.2, 0) is 0 Å². The smallest absolute Gasteiger partial charge is 0.151 e. The lowest BCUT2D eigenvalue weighted by Crippen LogP contribution is -2.23. The van der Waals surface area contributed by atoms with E-state index in [9.17, 15) is 4.79 Å². The Morgan fingerprint density at radius 2 is 2.12 bits per heavy atom. The number of halogens is 1. The second-order valence-corrected chi connectivity index (χ2v) is 4.16. The van der Waals surface area contributed by atoms with E-state index in [1.54, 1.807) is 6.07 Å². The molecule has 0 saturated heterocycles. The van der Waals surface area contributed by atoms with Gasteiger partial charge in [0.05, 0.1) is 5.02 Å². The molecular weight excluding hydrogens is 222 g/mol. The molecule has 0 heterocycles. The molecule has 88 valence electrons. The van der Waals surface area contributed by atoms with Crippen molar-refractivity contribution in [3.8, 4) is 0 Å². The van der Waals surface area contributed by atoms with Gasteiger partial charge in [-0.25, -0.2) is 0 Å². The zero-order chi connectivity index (χ0) is 12.0. The lowest BCUT2D eigenvalue weighted by Gasteiger charge is -2.23. The van der Waals surface area contributed by atoms with Gasteiger partial charge in [-0.2, -0.15) is 0 Å². The molecule has 0 atom stereocenters. The zero-order valence-corrected chi connectivity index (χ0v) is 10.6. The predicted octanol–water partition coefficient (Wildman–Crippen LogP) is 3.78. The first-order valence-corrected chi connectivity index (χ1v) is 6.10. The number of nitrogens with zero attached hydrogens (tertiary/aromatic N) is 1. The van der Waals surface area contributed by atoms with Crippen LogP contribution in [0.2, 0.25) is 5.02 Å². The van der Waals surface area contributed by atoms with Crippen LogP contribution in [0.15, 0.2) is 18.2 Å². The summed E-state index contributed by atoms with van der Waals surface area (Å²) in [5.41, 5.74) is 1.64. The highest BCUT2D eigenvalue weighted by molar-refractivity contribution is 6.33. The van der Waals surface area contributed by atoms with E-state index in [4.69, 9.17) is 11.6 Å². The minimum atomic E-state index is 0.530. The van der Waals surface area contributed by atoms with E-state index in [1.165, 1.54) is 12.8 Å². The van der Waals surface area contributed by atoms with Crippen molar-refractivity contribution in [2.75, 3.05) is 18.0 Å². The van der Waals surface area contributed by atoms with Gasteiger partial charge in [0.1, 0.15) is 0 Å². The first kappa shape index (κ1) is 13.0. The Kier molecular flexibility index (Phi) is 5.33. The molecular formula is C13H18ClNO. The van der Waals surface area contributed by atoms with Gasteiger partial charge < -0.3 is 4.90 Å². The molecule has 0 saturated carbocycles. The number of benzene rings is 1. The Bertz CT molecular complexity index is 352. The summed E-state index contributed by atoms with van der Waals surface area (Å²) in [6.07, 6.45) is 3.13. The monoisotopic (exact) mass is 239 g/mol. The molecule has 0 bridgehead atoms. The molecule has 2 nitrogen and oxygen atoms in total. The lowest BCUT2D eigenvalue weighted by atomic mass is 10.2. The first-order valence-electron chi connectivity index (χ1n) is 5.72. The first-order chi connectivity index (χ1) is 7.72. The normalized spacial score (nSPS) is 10.2. The minimum absolute atomic E-state index is 0.530. The van der Waals surface area contributed by atoms with Gasteiger partial charge in [-0.3, -0.25) is 4.79 Å². The van der Waals surface area contributed by atoms with Crippen LogP contribution in [0.4, 0.5) is 5.69 Å². The Labute approximate surface area is 102 Å². The molecule has 16 heavy (non-hydrogen) atoms. The van der Waals surface area contributed by atoms with Crippen LogP contribution in [0.3, 0.4) is 0 Å². The van der Waals surface area contributed by atoms with Crippen molar-refractivity contribution in [1.82, 2.24) is 0 Å². The molecule has 1 aromatic rings. The van der Waals surface area contributed by atoms with Crippen LogP contribution in [0.1, 0.15) is 37.0 Å². The van der Waals surface area contributed by atoms with E-state index in [-0.39, 0.29) is 0 Å². The number of carbonyl (C=O) groups excluding carboxylic acids is 1. The molecule has 0 N–H and O–H groups in total. The van der Waals surface area contributed by atoms with Crippen molar-refractivity contribution in [2.24, 2.45) is 0 Å². The SMILES string of the molecule is CCCCN(CC)c1ccc(C=O)c(Cl)c1. The maximum atomic E-state index is 10.7. The molecule has 0 aliphatic heterocycles. The highest BCUT2D eigenvalue weighted by Gasteiger charge is 2.06. The second-order valence-electron chi connectivity index (χ2n) is 3.76. The van der Waals surface area contributed by atoms with Crippen molar-refractivity contribution < 1.29 is 4.79 Å². The van der Waals surface area contributed by atoms with Crippen molar-refractivity contribution in [2.45, 2.75) is 26.7 Å². The maximum absolute atomic E-state index is 10.7. The van der Waals surface area contributed by atoms with Gasteiger partial charge >= 0.3 is 0 Å². The highest BCUT2D eigenvalue weighted by atomic mass is 35.5. The second kappa shape index (κ2) is 6.54. The number of unbranched alkanes of at least 4 members (excludes halogenated alkanes) is 1. The molecule has 0 unspecified atom stereocenters. The fourth-order valence-corrected chi connectivity index (χ4v) is 1.85. The van der Waals surface area contributed by atoms with E-state index in [0.717, 1.165) is 25.1 Å². The maximum Gasteiger partial charge on any atom is 0.151 e. The Balaban J connectivity index is 2.84.